The Kier molecular flexibility index (Phi) is 5.61. The highest BCUT2D eigenvalue weighted by Gasteiger charge is 2.39. The maximum absolute atomic E-state index is 12.3. The summed E-state index contributed by atoms with van der Waals surface area (Å²) < 4.78 is 34.2. The minimum Gasteiger partial charge on any atom is -0.468 e. The van der Waals surface area contributed by atoms with Gasteiger partial charge < -0.3 is 9.47 Å². The van der Waals surface area contributed by atoms with Crippen LogP contribution in [-0.4, -0.2) is 55.8 Å². The molecule has 21 heavy (non-hydrogen) atoms. The van der Waals surface area contributed by atoms with Crippen LogP contribution in [0.1, 0.15) is 40.0 Å². The maximum Gasteiger partial charge on any atom is 0.411 e. The zero-order valence-electron chi connectivity index (χ0n) is 12.9. The molecule has 0 aliphatic carbocycles. The molecule has 1 aliphatic heterocycles. The van der Waals surface area contributed by atoms with Gasteiger partial charge in [-0.2, -0.15) is 0 Å². The molecule has 0 saturated carbocycles. The first kappa shape index (κ1) is 17.7. The molecule has 122 valence electrons. The predicted molar refractivity (Wildman–Crippen MR) is 76.4 cm³/mol. The van der Waals surface area contributed by atoms with E-state index < -0.39 is 38.6 Å². The molecule has 1 unspecified atom stereocenters. The summed E-state index contributed by atoms with van der Waals surface area (Å²) in [5.41, 5.74) is -0.703. The molecule has 1 fully saturated rings. The van der Waals surface area contributed by atoms with Gasteiger partial charge in [-0.25, -0.2) is 13.2 Å². The molecule has 1 heterocycles. The van der Waals surface area contributed by atoms with Crippen molar-refractivity contribution in [2.24, 2.45) is 0 Å². The van der Waals surface area contributed by atoms with Crippen molar-refractivity contribution in [3.8, 4) is 0 Å². The normalized spacial score (nSPS) is 20.0. The van der Waals surface area contributed by atoms with Crippen molar-refractivity contribution in [1.82, 2.24) is 4.90 Å². The van der Waals surface area contributed by atoms with Gasteiger partial charge in [-0.1, -0.05) is 0 Å². The van der Waals surface area contributed by atoms with Crippen LogP contribution in [0, 0.1) is 0 Å². The Morgan fingerprint density at radius 1 is 1.24 bits per heavy atom. The highest BCUT2D eigenvalue weighted by Crippen LogP contribution is 2.24. The van der Waals surface area contributed by atoms with E-state index in [0.717, 1.165) is 7.11 Å². The Labute approximate surface area is 125 Å². The van der Waals surface area contributed by atoms with E-state index in [1.165, 1.54) is 4.90 Å². The van der Waals surface area contributed by atoms with Gasteiger partial charge in [0.2, 0.25) is 0 Å². The second kappa shape index (κ2) is 6.64. The molecule has 1 rings (SSSR count). The maximum atomic E-state index is 12.3. The van der Waals surface area contributed by atoms with Crippen LogP contribution in [-0.2, 0) is 24.1 Å². The van der Waals surface area contributed by atoms with Gasteiger partial charge in [0.25, 0.3) is 0 Å². The molecule has 0 bridgehead atoms. The predicted octanol–water partition coefficient (Wildman–Crippen LogP) is 1.32. The Morgan fingerprint density at radius 3 is 2.38 bits per heavy atom. The van der Waals surface area contributed by atoms with Crippen LogP contribution in [0.15, 0.2) is 0 Å². The quantitative estimate of drug-likeness (QED) is 0.728. The number of piperidine rings is 1. The first-order chi connectivity index (χ1) is 9.57. The Balaban J connectivity index is 2.91. The topological polar surface area (TPSA) is 90.0 Å². The summed E-state index contributed by atoms with van der Waals surface area (Å²) in [7, 11) is -2.66. The van der Waals surface area contributed by atoms with Crippen molar-refractivity contribution in [2.45, 2.75) is 51.0 Å². The van der Waals surface area contributed by atoms with Crippen LogP contribution in [0.2, 0.25) is 0 Å². The van der Waals surface area contributed by atoms with Gasteiger partial charge in [0.05, 0.1) is 7.11 Å². The Morgan fingerprint density at radius 2 is 1.86 bits per heavy atom. The van der Waals surface area contributed by atoms with Crippen LogP contribution in [0.3, 0.4) is 0 Å². The van der Waals surface area contributed by atoms with E-state index in [2.05, 4.69) is 4.74 Å². The van der Waals surface area contributed by atoms with E-state index in [1.807, 2.05) is 0 Å². The molecular formula is C13H23NO6S. The molecule has 1 aliphatic rings. The van der Waals surface area contributed by atoms with Crippen molar-refractivity contribution < 1.29 is 27.5 Å². The van der Waals surface area contributed by atoms with Gasteiger partial charge in [-0.15, -0.1) is 0 Å². The van der Waals surface area contributed by atoms with Crippen molar-refractivity contribution in [2.75, 3.05) is 19.4 Å². The number of hydrogen-bond acceptors (Lipinski definition) is 6. The van der Waals surface area contributed by atoms with E-state index in [-0.39, 0.29) is 0 Å². The van der Waals surface area contributed by atoms with Crippen LogP contribution in [0.25, 0.3) is 0 Å². The summed E-state index contributed by atoms with van der Waals surface area (Å²) >= 11 is 0. The summed E-state index contributed by atoms with van der Waals surface area (Å²) in [4.78, 5) is 24.6. The highest BCUT2D eigenvalue weighted by atomic mass is 32.2. The summed E-state index contributed by atoms with van der Waals surface area (Å²) in [5.74, 6) is -1.56. The van der Waals surface area contributed by atoms with E-state index in [1.54, 1.807) is 20.8 Å². The summed E-state index contributed by atoms with van der Waals surface area (Å²) in [6.45, 7) is 5.45. The Bertz CT molecular complexity index is 493. The number of carbonyl (C=O) groups is 2. The molecule has 1 atom stereocenters. The second-order valence-electron chi connectivity index (χ2n) is 6.01. The number of likely N-dealkylation sites (tertiary alicyclic amines) is 1. The molecule has 0 spiro atoms. The van der Waals surface area contributed by atoms with E-state index >= 15 is 0 Å². The van der Waals surface area contributed by atoms with Gasteiger partial charge in [-0.3, -0.25) is 9.69 Å². The number of nitrogens with zero attached hydrogens (tertiary/aromatic N) is 1. The minimum absolute atomic E-state index is 0.304. The van der Waals surface area contributed by atoms with E-state index in [9.17, 15) is 18.0 Å². The lowest BCUT2D eigenvalue weighted by Crippen LogP contribution is -2.50. The fourth-order valence-electron chi connectivity index (χ4n) is 2.12. The average Bonchev–Trinajstić information content (AvgIpc) is 2.36. The SMILES string of the molecule is COC(=O)CS(=O)(=O)C1CCCCN1C(=O)OC(C)(C)C. The third kappa shape index (κ3) is 5.18. The number of carbonyl (C=O) groups excluding carboxylic acids is 2. The van der Waals surface area contributed by atoms with E-state index in [4.69, 9.17) is 4.74 Å². The lowest BCUT2D eigenvalue weighted by molar-refractivity contribution is -0.137. The lowest BCUT2D eigenvalue weighted by atomic mass is 10.1. The zero-order chi connectivity index (χ0) is 16.3. The second-order valence-corrected chi connectivity index (χ2v) is 8.17. The third-order valence-corrected chi connectivity index (χ3v) is 4.99. The number of ether oxygens (including phenoxy) is 2. The van der Waals surface area contributed by atoms with Gasteiger partial charge in [0, 0.05) is 6.54 Å². The summed E-state index contributed by atoms with van der Waals surface area (Å²) in [5, 5.41) is -1.03. The van der Waals surface area contributed by atoms with Crippen molar-refractivity contribution in [3.63, 3.8) is 0 Å². The van der Waals surface area contributed by atoms with Crippen LogP contribution in [0.5, 0.6) is 0 Å². The van der Waals surface area contributed by atoms with Gasteiger partial charge >= 0.3 is 12.1 Å². The first-order valence-corrected chi connectivity index (χ1v) is 8.56. The van der Waals surface area contributed by atoms with Crippen molar-refractivity contribution in [3.05, 3.63) is 0 Å². The third-order valence-electron chi connectivity index (χ3n) is 3.04. The van der Waals surface area contributed by atoms with Crippen LogP contribution >= 0.6 is 0 Å². The molecule has 0 aromatic heterocycles. The molecule has 0 N–H and O–H groups in total. The smallest absolute Gasteiger partial charge is 0.411 e. The molecule has 8 heteroatoms. The van der Waals surface area contributed by atoms with Crippen LogP contribution < -0.4 is 0 Å². The monoisotopic (exact) mass is 321 g/mol. The summed E-state index contributed by atoms with van der Waals surface area (Å²) in [6.07, 6.45) is 1.03. The Hall–Kier alpha value is -1.31. The number of hydrogen-bond donors (Lipinski definition) is 0. The standard InChI is InChI=1S/C13H23NO6S/c1-13(2,3)20-12(16)14-8-6-5-7-10(14)21(17,18)9-11(15)19-4/h10H,5-9H2,1-4H3. The molecule has 0 radical (unpaired) electrons. The molecule has 7 nitrogen and oxygen atoms in total. The number of esters is 1. The largest absolute Gasteiger partial charge is 0.468 e. The first-order valence-electron chi connectivity index (χ1n) is 6.85. The van der Waals surface area contributed by atoms with Crippen LogP contribution in [0.4, 0.5) is 4.79 Å². The number of sulfone groups is 1. The molecule has 1 amide bonds. The zero-order valence-corrected chi connectivity index (χ0v) is 13.7. The van der Waals surface area contributed by atoms with Crippen molar-refractivity contribution >= 4 is 21.9 Å². The number of rotatable bonds is 3. The van der Waals surface area contributed by atoms with Gasteiger partial charge in [0.15, 0.2) is 9.84 Å². The number of methoxy groups -OCH3 is 1. The fourth-order valence-corrected chi connectivity index (χ4v) is 3.87. The van der Waals surface area contributed by atoms with Gasteiger partial charge in [-0.05, 0) is 40.0 Å². The number of amides is 1. The molecule has 0 aromatic carbocycles. The van der Waals surface area contributed by atoms with Gasteiger partial charge in [0.1, 0.15) is 16.7 Å². The average molecular weight is 321 g/mol. The lowest BCUT2D eigenvalue weighted by Gasteiger charge is -2.36. The summed E-state index contributed by atoms with van der Waals surface area (Å²) in [6, 6.07) is 0. The highest BCUT2D eigenvalue weighted by molar-refractivity contribution is 7.92. The fraction of sp³-hybridized carbons (Fsp3) is 0.846. The molecule has 1 saturated heterocycles. The molecular weight excluding hydrogens is 298 g/mol. The minimum atomic E-state index is -3.79. The van der Waals surface area contributed by atoms with E-state index in [0.29, 0.717) is 25.8 Å². The molecule has 0 aromatic rings. The van der Waals surface area contributed by atoms with Crippen molar-refractivity contribution in [1.29, 1.82) is 0 Å².